The van der Waals surface area contributed by atoms with Crippen molar-refractivity contribution in [2.75, 3.05) is 6.54 Å². The number of rotatable bonds is 7. The van der Waals surface area contributed by atoms with Crippen molar-refractivity contribution in [1.82, 2.24) is 5.32 Å². The van der Waals surface area contributed by atoms with Gasteiger partial charge in [-0.05, 0) is 31.1 Å². The average Bonchev–Trinajstić information content (AvgIpc) is 2.77. The molecule has 1 amide bonds. The Hall–Kier alpha value is -1.33. The summed E-state index contributed by atoms with van der Waals surface area (Å²) >= 11 is 7.17. The third kappa shape index (κ3) is 6.40. The van der Waals surface area contributed by atoms with Crippen molar-refractivity contribution in [2.45, 2.75) is 19.8 Å². The molecule has 104 valence electrons. The molecule has 19 heavy (non-hydrogen) atoms. The second kappa shape index (κ2) is 7.96. The molecule has 0 aliphatic heterocycles. The molecule has 0 bridgehead atoms. The van der Waals surface area contributed by atoms with Crippen molar-refractivity contribution >= 4 is 40.9 Å². The van der Waals surface area contributed by atoms with Gasteiger partial charge >= 0.3 is 5.97 Å². The lowest BCUT2D eigenvalue weighted by Crippen LogP contribution is -2.23. The molecule has 2 N–H and O–H groups in total. The number of halogens is 1. The zero-order valence-corrected chi connectivity index (χ0v) is 12.1. The van der Waals surface area contributed by atoms with Crippen LogP contribution in [-0.4, -0.2) is 23.5 Å². The Bertz CT molecular complexity index is 470. The van der Waals surface area contributed by atoms with Gasteiger partial charge in [-0.3, -0.25) is 9.59 Å². The molecule has 0 saturated heterocycles. The van der Waals surface area contributed by atoms with E-state index in [9.17, 15) is 9.59 Å². The van der Waals surface area contributed by atoms with Gasteiger partial charge in [-0.2, -0.15) is 0 Å². The fourth-order valence-electron chi connectivity index (χ4n) is 1.38. The van der Waals surface area contributed by atoms with Crippen molar-refractivity contribution in [3.05, 3.63) is 27.4 Å². The fraction of sp³-hybridized carbons (Fsp3) is 0.385. The Morgan fingerprint density at radius 3 is 2.84 bits per heavy atom. The van der Waals surface area contributed by atoms with Gasteiger partial charge in [-0.15, -0.1) is 11.3 Å². The second-order valence-electron chi connectivity index (χ2n) is 4.15. The van der Waals surface area contributed by atoms with Crippen molar-refractivity contribution in [2.24, 2.45) is 5.92 Å². The number of aliphatic carboxylic acids is 1. The molecular formula is C13H16ClNO3S. The van der Waals surface area contributed by atoms with Gasteiger partial charge in [0.25, 0.3) is 0 Å². The largest absolute Gasteiger partial charge is 0.481 e. The summed E-state index contributed by atoms with van der Waals surface area (Å²) in [6.45, 7) is 2.14. The topological polar surface area (TPSA) is 66.4 Å². The van der Waals surface area contributed by atoms with E-state index in [2.05, 4.69) is 5.32 Å². The van der Waals surface area contributed by atoms with Crippen LogP contribution in [-0.2, 0) is 9.59 Å². The molecule has 0 aromatic carbocycles. The number of carboxylic acid groups (broad SMARTS) is 1. The van der Waals surface area contributed by atoms with Crippen molar-refractivity contribution in [1.29, 1.82) is 0 Å². The number of carboxylic acids is 1. The van der Waals surface area contributed by atoms with Crippen molar-refractivity contribution < 1.29 is 14.7 Å². The minimum Gasteiger partial charge on any atom is -0.481 e. The van der Waals surface area contributed by atoms with Gasteiger partial charge in [0, 0.05) is 17.5 Å². The molecule has 1 heterocycles. The van der Waals surface area contributed by atoms with Gasteiger partial charge in [0.15, 0.2) is 0 Å². The summed E-state index contributed by atoms with van der Waals surface area (Å²) in [5.41, 5.74) is 0. The summed E-state index contributed by atoms with van der Waals surface area (Å²) in [6, 6.07) is 3.61. The van der Waals surface area contributed by atoms with Crippen LogP contribution < -0.4 is 5.32 Å². The van der Waals surface area contributed by atoms with E-state index < -0.39 is 5.97 Å². The van der Waals surface area contributed by atoms with Gasteiger partial charge in [0.05, 0.1) is 10.3 Å². The summed E-state index contributed by atoms with van der Waals surface area (Å²) in [4.78, 5) is 23.0. The third-order valence-corrected chi connectivity index (χ3v) is 3.72. The van der Waals surface area contributed by atoms with Crippen LogP contribution in [0.2, 0.25) is 4.34 Å². The Morgan fingerprint density at radius 2 is 2.26 bits per heavy atom. The fourth-order valence-corrected chi connectivity index (χ4v) is 2.34. The minimum atomic E-state index is -0.805. The maximum Gasteiger partial charge on any atom is 0.306 e. The average molecular weight is 302 g/mol. The molecule has 1 rings (SSSR count). The quantitative estimate of drug-likeness (QED) is 0.601. The summed E-state index contributed by atoms with van der Waals surface area (Å²) in [5, 5.41) is 11.4. The van der Waals surface area contributed by atoms with E-state index >= 15 is 0 Å². The van der Waals surface area contributed by atoms with E-state index in [1.807, 2.05) is 6.07 Å². The molecule has 1 unspecified atom stereocenters. The van der Waals surface area contributed by atoms with Crippen LogP contribution in [0.5, 0.6) is 0 Å². The van der Waals surface area contributed by atoms with Crippen molar-refractivity contribution in [3.8, 4) is 0 Å². The summed E-state index contributed by atoms with van der Waals surface area (Å²) < 4.78 is 0.683. The molecule has 0 saturated carbocycles. The molecule has 0 aliphatic carbocycles. The van der Waals surface area contributed by atoms with Gasteiger partial charge in [-0.25, -0.2) is 0 Å². The molecule has 0 spiro atoms. The maximum absolute atomic E-state index is 11.5. The first kappa shape index (κ1) is 15.7. The van der Waals surface area contributed by atoms with E-state index in [-0.39, 0.29) is 11.8 Å². The lowest BCUT2D eigenvalue weighted by atomic mass is 10.1. The Balaban J connectivity index is 2.21. The monoisotopic (exact) mass is 301 g/mol. The highest BCUT2D eigenvalue weighted by atomic mass is 35.5. The molecule has 0 aliphatic rings. The highest BCUT2D eigenvalue weighted by Gasteiger charge is 2.09. The molecule has 4 nitrogen and oxygen atoms in total. The van der Waals surface area contributed by atoms with E-state index in [0.717, 1.165) is 4.88 Å². The smallest absolute Gasteiger partial charge is 0.306 e. The first-order valence-electron chi connectivity index (χ1n) is 5.93. The van der Waals surface area contributed by atoms with Crippen molar-refractivity contribution in [3.63, 3.8) is 0 Å². The normalized spacial score (nSPS) is 12.5. The zero-order chi connectivity index (χ0) is 14.3. The molecule has 1 aromatic rings. The molecule has 1 atom stereocenters. The zero-order valence-electron chi connectivity index (χ0n) is 10.6. The van der Waals surface area contributed by atoms with Crippen LogP contribution in [0.3, 0.4) is 0 Å². The second-order valence-corrected chi connectivity index (χ2v) is 5.89. The van der Waals surface area contributed by atoms with Gasteiger partial charge in [0.1, 0.15) is 0 Å². The summed E-state index contributed by atoms with van der Waals surface area (Å²) in [5.74, 6) is -1.37. The van der Waals surface area contributed by atoms with E-state index in [1.165, 1.54) is 17.4 Å². The van der Waals surface area contributed by atoms with E-state index in [1.54, 1.807) is 19.1 Å². The van der Waals surface area contributed by atoms with Crippen LogP contribution in [0, 0.1) is 5.92 Å². The van der Waals surface area contributed by atoms with Crippen LogP contribution in [0.1, 0.15) is 24.6 Å². The Morgan fingerprint density at radius 1 is 1.53 bits per heavy atom. The van der Waals surface area contributed by atoms with Crippen LogP contribution in [0.25, 0.3) is 6.08 Å². The third-order valence-electron chi connectivity index (χ3n) is 2.53. The van der Waals surface area contributed by atoms with Gasteiger partial charge in [0.2, 0.25) is 5.91 Å². The highest BCUT2D eigenvalue weighted by molar-refractivity contribution is 7.17. The number of hydrogen-bond acceptors (Lipinski definition) is 3. The molecule has 0 radical (unpaired) electrons. The van der Waals surface area contributed by atoms with Crippen LogP contribution in [0.15, 0.2) is 18.2 Å². The van der Waals surface area contributed by atoms with E-state index in [0.29, 0.717) is 23.7 Å². The standard InChI is InChI=1S/C13H16ClNO3S/c1-9(13(17)18)3-2-8-15-12(16)7-5-10-4-6-11(14)19-10/h4-7,9H,2-3,8H2,1H3,(H,15,16)(H,17,18)/b7-5+. The lowest BCUT2D eigenvalue weighted by molar-refractivity contribution is -0.141. The molecular weight excluding hydrogens is 286 g/mol. The summed E-state index contributed by atoms with van der Waals surface area (Å²) in [6.07, 6.45) is 4.35. The minimum absolute atomic E-state index is 0.187. The molecule has 6 heteroatoms. The highest BCUT2D eigenvalue weighted by Crippen LogP contribution is 2.22. The number of amides is 1. The molecule has 1 aromatic heterocycles. The van der Waals surface area contributed by atoms with E-state index in [4.69, 9.17) is 16.7 Å². The number of carbonyl (C=O) groups excluding carboxylic acids is 1. The maximum atomic E-state index is 11.5. The number of hydrogen-bond donors (Lipinski definition) is 2. The molecule has 0 fully saturated rings. The number of nitrogens with one attached hydrogen (secondary N) is 1. The summed E-state index contributed by atoms with van der Waals surface area (Å²) in [7, 11) is 0. The first-order valence-corrected chi connectivity index (χ1v) is 7.12. The SMILES string of the molecule is CC(CCCNC(=O)/C=C/c1ccc(Cl)s1)C(=O)O. The number of carbonyl (C=O) groups is 2. The predicted molar refractivity (Wildman–Crippen MR) is 77.4 cm³/mol. The Kier molecular flexibility index (Phi) is 6.59. The number of thiophene rings is 1. The van der Waals surface area contributed by atoms with Gasteiger partial charge < -0.3 is 10.4 Å². The lowest BCUT2D eigenvalue weighted by Gasteiger charge is -2.05. The van der Waals surface area contributed by atoms with Crippen LogP contribution >= 0.6 is 22.9 Å². The predicted octanol–water partition coefficient (Wildman–Crippen LogP) is 3.03. The van der Waals surface area contributed by atoms with Gasteiger partial charge in [-0.1, -0.05) is 18.5 Å². The van der Waals surface area contributed by atoms with Crippen LogP contribution in [0.4, 0.5) is 0 Å². The Labute approximate surface area is 121 Å². The first-order chi connectivity index (χ1) is 8.99.